The van der Waals surface area contributed by atoms with Crippen molar-refractivity contribution in [1.29, 1.82) is 0 Å². The van der Waals surface area contributed by atoms with E-state index in [1.807, 2.05) is 6.92 Å². The van der Waals surface area contributed by atoms with E-state index in [0.29, 0.717) is 23.1 Å². The Morgan fingerprint density at radius 1 is 1.14 bits per heavy atom. The normalized spacial score (nSPS) is 17.2. The van der Waals surface area contributed by atoms with E-state index in [0.717, 1.165) is 35.7 Å². The number of sulfonamides is 1. The van der Waals surface area contributed by atoms with Crippen molar-refractivity contribution in [3.05, 3.63) is 35.0 Å². The van der Waals surface area contributed by atoms with E-state index in [2.05, 4.69) is 4.98 Å². The average molecular weight is 325 g/mol. The van der Waals surface area contributed by atoms with Gasteiger partial charge in [0.25, 0.3) is 0 Å². The minimum absolute atomic E-state index is 0.337. The fourth-order valence-electron chi connectivity index (χ4n) is 2.75. The van der Waals surface area contributed by atoms with Crippen molar-refractivity contribution < 1.29 is 8.42 Å². The first-order valence-corrected chi connectivity index (χ1v) is 8.87. The lowest BCUT2D eigenvalue weighted by molar-refractivity contribution is 0.346. The number of nitrogens with zero attached hydrogens (tertiary/aromatic N) is 2. The van der Waals surface area contributed by atoms with Gasteiger partial charge in [-0.1, -0.05) is 18.0 Å². The maximum Gasteiger partial charge on any atom is 0.243 e. The number of hydrogen-bond acceptors (Lipinski definition) is 3. The molecule has 0 amide bonds. The largest absolute Gasteiger partial charge is 0.243 e. The number of aryl methyl sites for hydroxylation is 1. The molecule has 0 atom stereocenters. The molecule has 0 radical (unpaired) electrons. The zero-order valence-corrected chi connectivity index (χ0v) is 13.4. The van der Waals surface area contributed by atoms with Crippen LogP contribution in [0.25, 0.3) is 10.9 Å². The van der Waals surface area contributed by atoms with Gasteiger partial charge in [0, 0.05) is 18.5 Å². The van der Waals surface area contributed by atoms with Gasteiger partial charge in [-0.2, -0.15) is 4.31 Å². The average Bonchev–Trinajstić information content (AvgIpc) is 2.47. The molecule has 1 aliphatic heterocycles. The van der Waals surface area contributed by atoms with Crippen molar-refractivity contribution in [1.82, 2.24) is 9.29 Å². The molecule has 21 heavy (non-hydrogen) atoms. The van der Waals surface area contributed by atoms with Crippen molar-refractivity contribution in [3.63, 3.8) is 0 Å². The molecule has 3 rings (SSSR count). The maximum atomic E-state index is 12.7. The van der Waals surface area contributed by atoms with Crippen LogP contribution in [0, 0.1) is 6.92 Å². The highest BCUT2D eigenvalue weighted by atomic mass is 35.5. The van der Waals surface area contributed by atoms with E-state index in [1.54, 1.807) is 28.6 Å². The monoisotopic (exact) mass is 324 g/mol. The van der Waals surface area contributed by atoms with Gasteiger partial charge in [0.15, 0.2) is 0 Å². The molecule has 1 aromatic carbocycles. The number of aromatic nitrogens is 1. The molecule has 0 spiro atoms. The Labute approximate surface area is 129 Å². The first kappa shape index (κ1) is 14.8. The topological polar surface area (TPSA) is 50.3 Å². The van der Waals surface area contributed by atoms with E-state index >= 15 is 0 Å². The van der Waals surface area contributed by atoms with Gasteiger partial charge in [0.1, 0.15) is 5.15 Å². The number of fused-ring (bicyclic) bond motifs is 1. The lowest BCUT2D eigenvalue weighted by Crippen LogP contribution is -2.35. The zero-order valence-electron chi connectivity index (χ0n) is 11.8. The third-order valence-corrected chi connectivity index (χ3v) is 6.00. The number of piperidine rings is 1. The Morgan fingerprint density at radius 3 is 2.57 bits per heavy atom. The Kier molecular flexibility index (Phi) is 3.90. The van der Waals surface area contributed by atoms with Gasteiger partial charge < -0.3 is 0 Å². The molecule has 1 aliphatic rings. The van der Waals surface area contributed by atoms with Crippen LogP contribution in [-0.4, -0.2) is 30.8 Å². The maximum absolute atomic E-state index is 12.7. The summed E-state index contributed by atoms with van der Waals surface area (Å²) in [6.45, 7) is 3.13. The summed E-state index contributed by atoms with van der Waals surface area (Å²) >= 11 is 5.94. The number of pyridine rings is 1. The van der Waals surface area contributed by atoms with Crippen LogP contribution in [0.3, 0.4) is 0 Å². The molecule has 1 saturated heterocycles. The van der Waals surface area contributed by atoms with Gasteiger partial charge in [-0.3, -0.25) is 0 Å². The van der Waals surface area contributed by atoms with Gasteiger partial charge in [0.05, 0.1) is 10.4 Å². The van der Waals surface area contributed by atoms with Gasteiger partial charge in [0.2, 0.25) is 10.0 Å². The molecule has 1 aromatic heterocycles. The second kappa shape index (κ2) is 5.55. The van der Waals surface area contributed by atoms with E-state index in [4.69, 9.17) is 11.6 Å². The summed E-state index contributed by atoms with van der Waals surface area (Å²) in [7, 11) is -3.41. The van der Waals surface area contributed by atoms with Crippen LogP contribution >= 0.6 is 11.6 Å². The van der Waals surface area contributed by atoms with Crippen LogP contribution in [0.5, 0.6) is 0 Å². The predicted octanol–water partition coefficient (Wildman–Crippen LogP) is 3.37. The molecule has 6 heteroatoms. The molecular weight excluding hydrogens is 308 g/mol. The fourth-order valence-corrected chi connectivity index (χ4v) is 4.55. The zero-order chi connectivity index (χ0) is 15.0. The quantitative estimate of drug-likeness (QED) is 0.796. The standard InChI is InChI=1S/C15H17ClN2O2S/c1-11-9-15(16)17-14-6-5-12(10-13(11)14)21(19,20)18-7-3-2-4-8-18/h5-6,9-10H,2-4,7-8H2,1H3. The first-order valence-electron chi connectivity index (χ1n) is 7.05. The molecule has 2 aromatic rings. The van der Waals surface area contributed by atoms with Gasteiger partial charge in [-0.25, -0.2) is 13.4 Å². The molecule has 4 nitrogen and oxygen atoms in total. The molecule has 0 bridgehead atoms. The van der Waals surface area contributed by atoms with Crippen molar-refractivity contribution in [2.24, 2.45) is 0 Å². The highest BCUT2D eigenvalue weighted by Crippen LogP contribution is 2.26. The molecule has 0 unspecified atom stereocenters. The summed E-state index contributed by atoms with van der Waals surface area (Å²) in [6, 6.07) is 6.80. The lowest BCUT2D eigenvalue weighted by atomic mass is 10.1. The van der Waals surface area contributed by atoms with Crippen LogP contribution in [0.4, 0.5) is 0 Å². The van der Waals surface area contributed by atoms with Crippen molar-refractivity contribution >= 4 is 32.5 Å². The van der Waals surface area contributed by atoms with Gasteiger partial charge in [-0.05, 0) is 49.6 Å². The summed E-state index contributed by atoms with van der Waals surface area (Å²) < 4.78 is 27.0. The fraction of sp³-hybridized carbons (Fsp3) is 0.400. The molecule has 2 heterocycles. The first-order chi connectivity index (χ1) is 9.98. The number of halogens is 1. The van der Waals surface area contributed by atoms with Crippen LogP contribution < -0.4 is 0 Å². The number of hydrogen-bond donors (Lipinski definition) is 0. The van der Waals surface area contributed by atoms with Crippen molar-refractivity contribution in [2.45, 2.75) is 31.1 Å². The Morgan fingerprint density at radius 2 is 1.86 bits per heavy atom. The molecule has 0 aliphatic carbocycles. The number of rotatable bonds is 2. The number of benzene rings is 1. The van der Waals surface area contributed by atoms with Crippen molar-refractivity contribution in [3.8, 4) is 0 Å². The lowest BCUT2D eigenvalue weighted by Gasteiger charge is -2.26. The summed E-state index contributed by atoms with van der Waals surface area (Å²) in [4.78, 5) is 4.57. The van der Waals surface area contributed by atoms with Gasteiger partial charge >= 0.3 is 0 Å². The Hall–Kier alpha value is -1.17. The van der Waals surface area contributed by atoms with Gasteiger partial charge in [-0.15, -0.1) is 0 Å². The second-order valence-electron chi connectivity index (χ2n) is 5.41. The van der Waals surface area contributed by atoms with E-state index in [1.165, 1.54) is 0 Å². The Balaban J connectivity index is 2.08. The van der Waals surface area contributed by atoms with Crippen LogP contribution in [0.15, 0.2) is 29.2 Å². The van der Waals surface area contributed by atoms with Crippen molar-refractivity contribution in [2.75, 3.05) is 13.1 Å². The molecular formula is C15H17ClN2O2S. The smallest absolute Gasteiger partial charge is 0.236 e. The van der Waals surface area contributed by atoms with E-state index in [-0.39, 0.29) is 0 Å². The molecule has 112 valence electrons. The predicted molar refractivity (Wildman–Crippen MR) is 84.1 cm³/mol. The van der Waals surface area contributed by atoms with Crippen LogP contribution in [0.2, 0.25) is 5.15 Å². The third kappa shape index (κ3) is 2.78. The SMILES string of the molecule is Cc1cc(Cl)nc2ccc(S(=O)(=O)N3CCCCC3)cc12. The van der Waals surface area contributed by atoms with Crippen LogP contribution in [-0.2, 0) is 10.0 Å². The van der Waals surface area contributed by atoms with Crippen LogP contribution in [0.1, 0.15) is 24.8 Å². The van der Waals surface area contributed by atoms with E-state index in [9.17, 15) is 8.42 Å². The molecule has 1 fully saturated rings. The summed E-state index contributed by atoms with van der Waals surface area (Å²) in [5.74, 6) is 0. The highest BCUT2D eigenvalue weighted by Gasteiger charge is 2.26. The minimum atomic E-state index is -3.41. The molecule has 0 saturated carbocycles. The summed E-state index contributed by atoms with van der Waals surface area (Å²) in [6.07, 6.45) is 2.97. The van der Waals surface area contributed by atoms with E-state index < -0.39 is 10.0 Å². The second-order valence-corrected chi connectivity index (χ2v) is 7.73. The third-order valence-electron chi connectivity index (χ3n) is 3.91. The summed E-state index contributed by atoms with van der Waals surface area (Å²) in [5, 5.41) is 1.25. The Bertz CT molecular complexity index is 784. The molecule has 0 N–H and O–H groups in total. The summed E-state index contributed by atoms with van der Waals surface area (Å²) in [5.41, 5.74) is 1.65. The minimum Gasteiger partial charge on any atom is -0.236 e. The highest BCUT2D eigenvalue weighted by molar-refractivity contribution is 7.89.